The van der Waals surface area contributed by atoms with E-state index in [9.17, 15) is 18.2 Å². The van der Waals surface area contributed by atoms with Gasteiger partial charge in [0.05, 0.1) is 21.8 Å². The first kappa shape index (κ1) is 26.6. The van der Waals surface area contributed by atoms with E-state index in [1.165, 1.54) is 31.4 Å². The predicted molar refractivity (Wildman–Crippen MR) is 132 cm³/mol. The van der Waals surface area contributed by atoms with E-state index in [1.54, 1.807) is 0 Å². The number of hydrogen-bond donors (Lipinski definition) is 0. The summed E-state index contributed by atoms with van der Waals surface area (Å²) < 4.78 is 34.0. The molecule has 0 unspecified atom stereocenters. The molecule has 2 aromatic rings. The van der Waals surface area contributed by atoms with E-state index in [-0.39, 0.29) is 5.75 Å². The minimum absolute atomic E-state index is 0.333. The van der Waals surface area contributed by atoms with E-state index in [0.717, 1.165) is 24.2 Å². The van der Waals surface area contributed by atoms with E-state index in [4.69, 9.17) is 0 Å². The summed E-state index contributed by atoms with van der Waals surface area (Å²) in [4.78, 5) is 2.44. The molecular weight excluding hydrogens is 434 g/mol. The lowest BCUT2D eigenvalue weighted by atomic mass is 10.0. The van der Waals surface area contributed by atoms with E-state index < -0.39 is 10.1 Å². The van der Waals surface area contributed by atoms with Gasteiger partial charge in [0.15, 0.2) is 12.4 Å². The van der Waals surface area contributed by atoms with Crippen molar-refractivity contribution in [1.29, 1.82) is 5.26 Å². The largest absolute Gasteiger partial charge is 0.748 e. The Bertz CT molecular complexity index is 1020. The van der Waals surface area contributed by atoms with Crippen LogP contribution in [0.1, 0.15) is 63.5 Å². The molecule has 1 heterocycles. The lowest BCUT2D eigenvalue weighted by Gasteiger charge is -2.24. The van der Waals surface area contributed by atoms with Gasteiger partial charge in [-0.1, -0.05) is 38.8 Å². The third-order valence-electron chi connectivity index (χ3n) is 5.52. The third-order valence-corrected chi connectivity index (χ3v) is 6.30. The second kappa shape index (κ2) is 13.8. The smallest absolute Gasteiger partial charge is 0.169 e. The third kappa shape index (κ3) is 9.77. The quantitative estimate of drug-likeness (QED) is 0.172. The summed E-state index contributed by atoms with van der Waals surface area (Å²) in [5.41, 5.74) is 3.61. The van der Waals surface area contributed by atoms with Crippen LogP contribution in [0.5, 0.6) is 0 Å². The highest BCUT2D eigenvalue weighted by Crippen LogP contribution is 2.21. The molecule has 0 bridgehead atoms. The molecule has 0 spiro atoms. The molecule has 33 heavy (non-hydrogen) atoms. The zero-order chi connectivity index (χ0) is 24.1. The molecule has 6 nitrogen and oxygen atoms in total. The van der Waals surface area contributed by atoms with E-state index >= 15 is 0 Å². The number of nitrogens with zero attached hydrogens (tertiary/aromatic N) is 3. The molecule has 0 radical (unpaired) electrons. The van der Waals surface area contributed by atoms with Crippen molar-refractivity contribution in [3.05, 3.63) is 59.9 Å². The summed E-state index contributed by atoms with van der Waals surface area (Å²) in [6, 6.07) is 14.4. The lowest BCUT2D eigenvalue weighted by Crippen LogP contribution is -2.32. The standard InChI is InChI=1S/C26H35N3O3S/c1-3-5-16-29(17-6-4-2)26-11-9-23(10-12-26)21-25(22-27)24-13-18-28(19-14-24)15-7-8-20-33(30,31)32/h9-14,18-19,21H,3-8,15-17,20H2,1-2H3. The van der Waals surface area contributed by atoms with Crippen molar-refractivity contribution in [3.8, 4) is 6.07 Å². The highest BCUT2D eigenvalue weighted by Gasteiger charge is 2.08. The molecule has 1 aromatic carbocycles. The number of anilines is 1. The van der Waals surface area contributed by atoms with Crippen molar-refractivity contribution in [1.82, 2.24) is 0 Å². The summed E-state index contributed by atoms with van der Waals surface area (Å²) in [5, 5.41) is 9.68. The van der Waals surface area contributed by atoms with Gasteiger partial charge in [0, 0.05) is 48.6 Å². The number of hydrogen-bond acceptors (Lipinski definition) is 5. The maximum absolute atomic E-state index is 10.7. The van der Waals surface area contributed by atoms with Gasteiger partial charge in [-0.05, 0) is 43.0 Å². The van der Waals surface area contributed by atoms with Crippen LogP contribution in [0.2, 0.25) is 0 Å². The van der Waals surface area contributed by atoms with Crippen LogP contribution >= 0.6 is 0 Å². The van der Waals surface area contributed by atoms with Crippen LogP contribution in [0.25, 0.3) is 11.6 Å². The molecule has 7 heteroatoms. The number of unbranched alkanes of at least 4 members (excludes halogenated alkanes) is 3. The van der Waals surface area contributed by atoms with Gasteiger partial charge in [0.25, 0.3) is 0 Å². The second-order valence-electron chi connectivity index (χ2n) is 8.25. The van der Waals surface area contributed by atoms with Crippen molar-refractivity contribution < 1.29 is 17.5 Å². The van der Waals surface area contributed by atoms with Crippen molar-refractivity contribution in [2.24, 2.45) is 0 Å². The van der Waals surface area contributed by atoms with Crippen LogP contribution in [0, 0.1) is 11.3 Å². The minimum atomic E-state index is -4.15. The molecule has 0 aliphatic carbocycles. The maximum atomic E-state index is 10.7. The number of aryl methyl sites for hydroxylation is 1. The average Bonchev–Trinajstić information content (AvgIpc) is 2.81. The van der Waals surface area contributed by atoms with Gasteiger partial charge in [0.1, 0.15) is 6.54 Å². The average molecular weight is 470 g/mol. The lowest BCUT2D eigenvalue weighted by molar-refractivity contribution is -0.697. The first-order chi connectivity index (χ1) is 15.9. The number of benzene rings is 1. The predicted octanol–water partition coefficient (Wildman–Crippen LogP) is 4.77. The Morgan fingerprint density at radius 3 is 2.12 bits per heavy atom. The highest BCUT2D eigenvalue weighted by atomic mass is 32.2. The molecule has 0 fully saturated rings. The Kier molecular flexibility index (Phi) is 11.1. The van der Waals surface area contributed by atoms with Gasteiger partial charge in [-0.3, -0.25) is 0 Å². The molecular formula is C26H35N3O3S. The molecule has 2 rings (SSSR count). The van der Waals surface area contributed by atoms with Crippen LogP contribution in [-0.4, -0.2) is 31.8 Å². The molecule has 0 aliphatic heterocycles. The number of nitriles is 1. The molecule has 0 N–H and O–H groups in total. The van der Waals surface area contributed by atoms with Crippen LogP contribution in [0.3, 0.4) is 0 Å². The van der Waals surface area contributed by atoms with E-state index in [2.05, 4.69) is 49.1 Å². The zero-order valence-corrected chi connectivity index (χ0v) is 20.6. The molecule has 0 amide bonds. The molecule has 1 aromatic heterocycles. The van der Waals surface area contributed by atoms with Crippen molar-refractivity contribution >= 4 is 27.5 Å². The summed E-state index contributed by atoms with van der Waals surface area (Å²) in [6.07, 6.45) is 11.3. The van der Waals surface area contributed by atoms with Crippen molar-refractivity contribution in [2.75, 3.05) is 23.7 Å². The Hall–Kier alpha value is -2.69. The number of allylic oxidation sites excluding steroid dienone is 1. The first-order valence-electron chi connectivity index (χ1n) is 11.8. The van der Waals surface area contributed by atoms with Crippen LogP contribution in [0.4, 0.5) is 5.69 Å². The van der Waals surface area contributed by atoms with Crippen LogP contribution in [-0.2, 0) is 16.7 Å². The Morgan fingerprint density at radius 1 is 1.00 bits per heavy atom. The Balaban J connectivity index is 2.05. The first-order valence-corrected chi connectivity index (χ1v) is 13.3. The maximum Gasteiger partial charge on any atom is 0.169 e. The Labute approximate surface area is 198 Å². The van der Waals surface area contributed by atoms with Crippen LogP contribution < -0.4 is 9.47 Å². The van der Waals surface area contributed by atoms with Crippen molar-refractivity contribution in [2.45, 2.75) is 58.9 Å². The molecule has 0 atom stereocenters. The highest BCUT2D eigenvalue weighted by molar-refractivity contribution is 7.85. The van der Waals surface area contributed by atoms with Crippen LogP contribution in [0.15, 0.2) is 48.8 Å². The van der Waals surface area contributed by atoms with Gasteiger partial charge in [-0.2, -0.15) is 5.26 Å². The van der Waals surface area contributed by atoms with Gasteiger partial charge in [-0.25, -0.2) is 13.0 Å². The molecule has 0 saturated carbocycles. The molecule has 178 valence electrons. The topological polar surface area (TPSA) is 88.1 Å². The van der Waals surface area contributed by atoms with Gasteiger partial charge in [-0.15, -0.1) is 0 Å². The minimum Gasteiger partial charge on any atom is -0.748 e. The summed E-state index contributed by atoms with van der Waals surface area (Å²) >= 11 is 0. The van der Waals surface area contributed by atoms with Gasteiger partial charge < -0.3 is 9.45 Å². The summed E-state index contributed by atoms with van der Waals surface area (Å²) in [6.45, 7) is 7.16. The van der Waals surface area contributed by atoms with Gasteiger partial charge >= 0.3 is 0 Å². The fraction of sp³-hybridized carbons (Fsp3) is 0.462. The fourth-order valence-corrected chi connectivity index (χ4v) is 4.11. The number of aromatic nitrogens is 1. The Morgan fingerprint density at radius 2 is 1.61 bits per heavy atom. The fourth-order valence-electron chi connectivity index (χ4n) is 3.56. The SMILES string of the molecule is CCCCN(CCCC)c1ccc(/C=C(\C#N)c2cc[n+](CCCCS(=O)(=O)[O-])cc2)cc1. The summed E-state index contributed by atoms with van der Waals surface area (Å²) in [7, 11) is -4.15. The molecule has 0 aliphatic rings. The normalized spacial score (nSPS) is 11.9. The van der Waals surface area contributed by atoms with E-state index in [1.807, 2.05) is 35.2 Å². The van der Waals surface area contributed by atoms with Gasteiger partial charge in [0.2, 0.25) is 0 Å². The number of pyridine rings is 1. The number of rotatable bonds is 14. The van der Waals surface area contributed by atoms with E-state index in [0.29, 0.717) is 25.0 Å². The second-order valence-corrected chi connectivity index (χ2v) is 9.77. The molecule has 0 saturated heterocycles. The van der Waals surface area contributed by atoms with Crippen molar-refractivity contribution in [3.63, 3.8) is 0 Å². The zero-order valence-electron chi connectivity index (χ0n) is 19.7. The summed E-state index contributed by atoms with van der Waals surface area (Å²) in [5.74, 6) is -0.333. The monoisotopic (exact) mass is 469 g/mol.